The van der Waals surface area contributed by atoms with Crippen LogP contribution in [0.3, 0.4) is 0 Å². The molecule has 0 radical (unpaired) electrons. The highest BCUT2D eigenvalue weighted by Crippen LogP contribution is 2.39. The number of nitrogens with zero attached hydrogens (tertiary/aromatic N) is 1. The van der Waals surface area contributed by atoms with Crippen molar-refractivity contribution in [3.63, 3.8) is 0 Å². The quantitative estimate of drug-likeness (QED) is 0.514. The van der Waals surface area contributed by atoms with E-state index in [1.807, 2.05) is 19.1 Å². The van der Waals surface area contributed by atoms with Crippen LogP contribution in [0.2, 0.25) is 0 Å². The van der Waals surface area contributed by atoms with Gasteiger partial charge in [-0.05, 0) is 63.3 Å². The second kappa shape index (κ2) is 9.10. The highest BCUT2D eigenvalue weighted by atomic mass is 32.2. The van der Waals surface area contributed by atoms with Crippen molar-refractivity contribution in [2.45, 2.75) is 56.1 Å². The minimum Gasteiger partial charge on any atom is -0.350 e. The smallest absolute Gasteiger partial charge is 0.270 e. The highest BCUT2D eigenvalue weighted by molar-refractivity contribution is 7.92. The van der Waals surface area contributed by atoms with Crippen molar-refractivity contribution in [3.05, 3.63) is 75.6 Å². The Morgan fingerprint density at radius 1 is 1.03 bits per heavy atom. The number of hydrogen-bond donors (Lipinski definition) is 1. The van der Waals surface area contributed by atoms with Gasteiger partial charge in [0.15, 0.2) is 15.3 Å². The first-order valence-corrected chi connectivity index (χ1v) is 13.4. The lowest BCUT2D eigenvalue weighted by molar-refractivity contribution is 0.0172. The molecule has 0 aliphatic carbocycles. The molecular weight excluding hydrogens is 486 g/mol. The van der Waals surface area contributed by atoms with Crippen LogP contribution in [-0.2, 0) is 15.8 Å². The van der Waals surface area contributed by atoms with Gasteiger partial charge in [0.05, 0.1) is 15.2 Å². The fraction of sp³-hybridized carbons (Fsp3) is 0.407. The lowest BCUT2D eigenvalue weighted by Crippen LogP contribution is -2.47. The number of nitrogens with one attached hydrogen (secondary N) is 1. The fourth-order valence-electron chi connectivity index (χ4n) is 5.01. The summed E-state index contributed by atoms with van der Waals surface area (Å²) < 4.78 is 53.4. The van der Waals surface area contributed by atoms with Gasteiger partial charge in [0, 0.05) is 37.0 Å². The molecule has 9 heteroatoms. The first-order chi connectivity index (χ1) is 16.7. The summed E-state index contributed by atoms with van der Waals surface area (Å²) in [5.74, 6) is -3.74. The molecule has 0 saturated carbocycles. The molecule has 36 heavy (non-hydrogen) atoms. The van der Waals surface area contributed by atoms with E-state index in [0.717, 1.165) is 18.6 Å². The van der Waals surface area contributed by atoms with Crippen molar-refractivity contribution in [1.82, 2.24) is 9.88 Å². The number of likely N-dealkylation sites (tertiary alicyclic amines) is 1. The summed E-state index contributed by atoms with van der Waals surface area (Å²) in [6.45, 7) is 6.45. The van der Waals surface area contributed by atoms with Crippen LogP contribution in [-0.4, -0.2) is 42.0 Å². The van der Waals surface area contributed by atoms with Crippen molar-refractivity contribution < 1.29 is 22.0 Å². The number of H-pyrrole nitrogens is 1. The van der Waals surface area contributed by atoms with Gasteiger partial charge in [0.25, 0.3) is 11.8 Å². The average Bonchev–Trinajstić information content (AvgIpc) is 2.83. The van der Waals surface area contributed by atoms with Crippen LogP contribution < -0.4 is 5.43 Å². The van der Waals surface area contributed by atoms with Crippen LogP contribution in [0, 0.1) is 12.8 Å². The maximum absolute atomic E-state index is 13.8. The Morgan fingerprint density at radius 2 is 1.67 bits per heavy atom. The van der Waals surface area contributed by atoms with Gasteiger partial charge >= 0.3 is 0 Å². The fourth-order valence-corrected chi connectivity index (χ4v) is 6.83. The molecule has 4 rings (SSSR count). The van der Waals surface area contributed by atoms with Crippen molar-refractivity contribution >= 4 is 26.6 Å². The first kappa shape index (κ1) is 26.0. The Hall–Kier alpha value is -3.07. The number of sulfone groups is 1. The Balaban J connectivity index is 1.52. The van der Waals surface area contributed by atoms with Gasteiger partial charge in [0.2, 0.25) is 0 Å². The number of piperidine rings is 1. The second-order valence-corrected chi connectivity index (χ2v) is 12.7. The predicted octanol–water partition coefficient (Wildman–Crippen LogP) is 5.05. The van der Waals surface area contributed by atoms with E-state index in [-0.39, 0.29) is 33.4 Å². The van der Waals surface area contributed by atoms with Crippen LogP contribution in [0.25, 0.3) is 10.9 Å². The molecule has 1 fully saturated rings. The number of aromatic nitrogens is 1. The average molecular weight is 517 g/mol. The predicted molar refractivity (Wildman–Crippen MR) is 135 cm³/mol. The molecule has 0 spiro atoms. The highest BCUT2D eigenvalue weighted by Gasteiger charge is 2.44. The summed E-state index contributed by atoms with van der Waals surface area (Å²) in [7, 11) is -3.93. The molecule has 1 N–H and O–H groups in total. The molecule has 0 atom stereocenters. The second-order valence-electron chi connectivity index (χ2n) is 10.1. The van der Waals surface area contributed by atoms with Gasteiger partial charge in [0.1, 0.15) is 5.69 Å². The van der Waals surface area contributed by atoms with Crippen molar-refractivity contribution in [2.24, 2.45) is 5.92 Å². The van der Waals surface area contributed by atoms with Gasteiger partial charge in [-0.25, -0.2) is 17.2 Å². The zero-order valence-electron chi connectivity index (χ0n) is 20.8. The molecule has 0 unspecified atom stereocenters. The number of fused-ring (bicyclic) bond motifs is 1. The molecule has 1 aliphatic rings. The number of hydrogen-bond acceptors (Lipinski definition) is 4. The molecule has 2 aromatic carbocycles. The zero-order chi connectivity index (χ0) is 26.5. The molecular formula is C27H30F2N2O4S. The number of amides is 1. The van der Waals surface area contributed by atoms with E-state index in [2.05, 4.69) is 4.98 Å². The number of pyridine rings is 1. The molecule has 6 nitrogen and oxygen atoms in total. The molecule has 3 aromatic rings. The van der Waals surface area contributed by atoms with E-state index in [9.17, 15) is 26.8 Å². The molecule has 2 heterocycles. The third-order valence-electron chi connectivity index (χ3n) is 7.40. The summed E-state index contributed by atoms with van der Waals surface area (Å²) in [6, 6.07) is 11.7. The van der Waals surface area contributed by atoms with E-state index in [4.69, 9.17) is 0 Å². The van der Waals surface area contributed by atoms with Crippen LogP contribution in [0.15, 0.2) is 58.2 Å². The van der Waals surface area contributed by atoms with Gasteiger partial charge in [-0.2, -0.15) is 0 Å². The number of rotatable bonds is 5. The third-order valence-corrected chi connectivity index (χ3v) is 10.00. The number of halogens is 2. The van der Waals surface area contributed by atoms with Crippen LogP contribution >= 0.6 is 0 Å². The Kier molecular flexibility index (Phi) is 6.58. The monoisotopic (exact) mass is 516 g/mol. The van der Waals surface area contributed by atoms with Crippen molar-refractivity contribution in [2.75, 3.05) is 13.1 Å². The Bertz CT molecular complexity index is 1480. The molecule has 1 amide bonds. The van der Waals surface area contributed by atoms with E-state index in [1.165, 1.54) is 24.3 Å². The Morgan fingerprint density at radius 3 is 2.31 bits per heavy atom. The number of benzene rings is 2. The SMILES string of the molecule is Cc1cccc2[nH]c(C(=O)N3CCC(C(C)(C)S(=O)(=O)c4cccc(C(C)(F)F)c4)CC3)cc(=O)c12. The summed E-state index contributed by atoms with van der Waals surface area (Å²) in [4.78, 5) is 30.3. The van der Waals surface area contributed by atoms with Gasteiger partial charge in [-0.3, -0.25) is 9.59 Å². The number of carbonyl (C=O) groups is 1. The van der Waals surface area contributed by atoms with Crippen molar-refractivity contribution in [1.29, 1.82) is 0 Å². The molecule has 1 aliphatic heterocycles. The van der Waals surface area contributed by atoms with Gasteiger partial charge in [-0.1, -0.05) is 24.3 Å². The summed E-state index contributed by atoms with van der Waals surface area (Å²) in [5.41, 5.74) is 1.03. The normalized spacial score (nSPS) is 15.9. The van der Waals surface area contributed by atoms with E-state index in [1.54, 1.807) is 24.8 Å². The minimum atomic E-state index is -3.93. The molecule has 1 aromatic heterocycles. The Labute approximate surface area is 209 Å². The van der Waals surface area contributed by atoms with E-state index < -0.39 is 20.5 Å². The van der Waals surface area contributed by atoms with E-state index in [0.29, 0.717) is 36.8 Å². The molecule has 1 saturated heterocycles. The van der Waals surface area contributed by atoms with E-state index >= 15 is 0 Å². The number of aryl methyl sites for hydroxylation is 1. The maximum Gasteiger partial charge on any atom is 0.270 e. The first-order valence-electron chi connectivity index (χ1n) is 11.9. The standard InChI is InChI=1S/C27H30F2N2O4S/c1-17-7-5-10-21-24(17)23(32)16-22(30-21)25(33)31-13-11-18(12-14-31)26(2,3)36(34,35)20-9-6-8-19(15-20)27(4,28)29/h5-10,15-16,18H,11-14H2,1-4H3,(H,30,32). The lowest BCUT2D eigenvalue weighted by atomic mass is 9.85. The lowest BCUT2D eigenvalue weighted by Gasteiger charge is -2.40. The number of alkyl halides is 2. The number of aromatic amines is 1. The summed E-state index contributed by atoms with van der Waals surface area (Å²) in [5, 5.41) is 0.546. The maximum atomic E-state index is 13.8. The molecule has 0 bridgehead atoms. The topological polar surface area (TPSA) is 87.3 Å². The third kappa shape index (κ3) is 4.56. The van der Waals surface area contributed by atoms with Crippen LogP contribution in [0.5, 0.6) is 0 Å². The van der Waals surface area contributed by atoms with Crippen LogP contribution in [0.1, 0.15) is 55.2 Å². The van der Waals surface area contributed by atoms with Crippen molar-refractivity contribution in [3.8, 4) is 0 Å². The summed E-state index contributed by atoms with van der Waals surface area (Å²) >= 11 is 0. The molecule has 192 valence electrons. The minimum absolute atomic E-state index is 0.130. The van der Waals surface area contributed by atoms with Crippen LogP contribution in [0.4, 0.5) is 8.78 Å². The van der Waals surface area contributed by atoms with Gasteiger partial charge in [-0.15, -0.1) is 0 Å². The largest absolute Gasteiger partial charge is 0.350 e. The number of carbonyl (C=O) groups excluding carboxylic acids is 1. The zero-order valence-corrected chi connectivity index (χ0v) is 21.6. The van der Waals surface area contributed by atoms with Gasteiger partial charge < -0.3 is 9.88 Å². The summed E-state index contributed by atoms with van der Waals surface area (Å²) in [6.07, 6.45) is 0.858.